The van der Waals surface area contributed by atoms with Crippen LogP contribution in [0.4, 0.5) is 0 Å². The fourth-order valence-electron chi connectivity index (χ4n) is 1.26. The Balaban J connectivity index is 2.76. The average Bonchev–Trinajstić information content (AvgIpc) is 2.28. The Labute approximate surface area is 105 Å². The Morgan fingerprint density at radius 1 is 1.44 bits per heavy atom. The van der Waals surface area contributed by atoms with Crippen LogP contribution < -0.4 is 4.72 Å². The maximum absolute atomic E-state index is 11.6. The summed E-state index contributed by atoms with van der Waals surface area (Å²) in [5.74, 6) is -1.56. The second-order valence-electron chi connectivity index (χ2n) is 3.75. The number of benzene rings is 1. The number of nitriles is 1. The van der Waals surface area contributed by atoms with Crippen molar-refractivity contribution in [2.75, 3.05) is 0 Å². The van der Waals surface area contributed by atoms with Crippen molar-refractivity contribution in [3.05, 3.63) is 35.4 Å². The molecule has 1 aromatic rings. The van der Waals surface area contributed by atoms with Gasteiger partial charge in [0.25, 0.3) is 0 Å². The van der Waals surface area contributed by atoms with Gasteiger partial charge in [0.05, 0.1) is 17.4 Å². The van der Waals surface area contributed by atoms with Gasteiger partial charge >= 0.3 is 5.97 Å². The summed E-state index contributed by atoms with van der Waals surface area (Å²) in [5.41, 5.74) is 0.919. The van der Waals surface area contributed by atoms with E-state index in [4.69, 9.17) is 10.4 Å². The number of aliphatic carboxylic acids is 1. The standard InChI is InChI=1S/C11H12N2O4S/c1-8(11(14)15)13-18(16,17)7-10-4-2-9(6-12)3-5-10/h2-5,8,13H,7H2,1H3,(H,14,15). The largest absolute Gasteiger partial charge is 0.480 e. The number of rotatable bonds is 5. The predicted octanol–water partition coefficient (Wildman–Crippen LogP) is 0.451. The van der Waals surface area contributed by atoms with E-state index in [-0.39, 0.29) is 5.75 Å². The van der Waals surface area contributed by atoms with Crippen LogP contribution in [0.2, 0.25) is 0 Å². The highest BCUT2D eigenvalue weighted by Crippen LogP contribution is 2.07. The summed E-state index contributed by atoms with van der Waals surface area (Å²) in [6.45, 7) is 1.25. The van der Waals surface area contributed by atoms with Crippen LogP contribution in [0.15, 0.2) is 24.3 Å². The maximum atomic E-state index is 11.6. The van der Waals surface area contributed by atoms with Crippen molar-refractivity contribution >= 4 is 16.0 Å². The fraction of sp³-hybridized carbons (Fsp3) is 0.273. The molecule has 0 spiro atoms. The Bertz CT molecular complexity index is 572. The predicted molar refractivity (Wildman–Crippen MR) is 64.0 cm³/mol. The Morgan fingerprint density at radius 3 is 2.44 bits per heavy atom. The van der Waals surface area contributed by atoms with E-state index in [1.807, 2.05) is 10.8 Å². The summed E-state index contributed by atoms with van der Waals surface area (Å²) in [5, 5.41) is 17.2. The molecule has 0 aliphatic rings. The lowest BCUT2D eigenvalue weighted by molar-refractivity contribution is -0.138. The van der Waals surface area contributed by atoms with E-state index < -0.39 is 22.0 Å². The third-order valence-electron chi connectivity index (χ3n) is 2.17. The van der Waals surface area contributed by atoms with Gasteiger partial charge in [-0.05, 0) is 24.6 Å². The minimum absolute atomic E-state index is 0.323. The summed E-state index contributed by atoms with van der Waals surface area (Å²) in [6, 6.07) is 6.79. The number of sulfonamides is 1. The van der Waals surface area contributed by atoms with Gasteiger partial charge in [0, 0.05) is 0 Å². The van der Waals surface area contributed by atoms with Crippen molar-refractivity contribution < 1.29 is 18.3 Å². The van der Waals surface area contributed by atoms with Gasteiger partial charge in [-0.3, -0.25) is 4.79 Å². The number of hydrogen-bond donors (Lipinski definition) is 2. The molecule has 18 heavy (non-hydrogen) atoms. The molecule has 6 nitrogen and oxygen atoms in total. The highest BCUT2D eigenvalue weighted by atomic mass is 32.2. The van der Waals surface area contributed by atoms with E-state index >= 15 is 0 Å². The van der Waals surface area contributed by atoms with Crippen LogP contribution in [-0.4, -0.2) is 25.5 Å². The molecule has 0 aliphatic heterocycles. The van der Waals surface area contributed by atoms with Crippen LogP contribution in [0.25, 0.3) is 0 Å². The molecule has 0 fully saturated rings. The quantitative estimate of drug-likeness (QED) is 0.806. The Kier molecular flexibility index (Phi) is 4.42. The molecule has 0 aliphatic carbocycles. The van der Waals surface area contributed by atoms with Gasteiger partial charge in [-0.15, -0.1) is 0 Å². The third kappa shape index (κ3) is 4.16. The van der Waals surface area contributed by atoms with Crippen LogP contribution in [0.5, 0.6) is 0 Å². The highest BCUT2D eigenvalue weighted by molar-refractivity contribution is 7.88. The first kappa shape index (κ1) is 14.2. The highest BCUT2D eigenvalue weighted by Gasteiger charge is 2.19. The van der Waals surface area contributed by atoms with Gasteiger partial charge in [-0.2, -0.15) is 5.26 Å². The fourth-order valence-corrected chi connectivity index (χ4v) is 2.61. The molecule has 0 amide bonds. The molecule has 96 valence electrons. The van der Waals surface area contributed by atoms with Gasteiger partial charge in [0.2, 0.25) is 10.0 Å². The summed E-state index contributed by atoms with van der Waals surface area (Å²) < 4.78 is 25.3. The first-order chi connectivity index (χ1) is 8.34. The monoisotopic (exact) mass is 268 g/mol. The SMILES string of the molecule is CC(NS(=O)(=O)Cc1ccc(C#N)cc1)C(=O)O. The molecule has 0 heterocycles. The molecule has 0 radical (unpaired) electrons. The molecule has 0 saturated heterocycles. The number of hydrogen-bond acceptors (Lipinski definition) is 4. The van der Waals surface area contributed by atoms with Crippen LogP contribution in [0.3, 0.4) is 0 Å². The lowest BCUT2D eigenvalue weighted by atomic mass is 10.2. The molecule has 0 saturated carbocycles. The molecule has 0 aromatic heterocycles. The van der Waals surface area contributed by atoms with Crippen molar-refractivity contribution in [1.82, 2.24) is 4.72 Å². The number of nitrogens with one attached hydrogen (secondary N) is 1. The molecule has 1 aromatic carbocycles. The molecule has 0 bridgehead atoms. The molecule has 2 N–H and O–H groups in total. The van der Waals surface area contributed by atoms with Crippen molar-refractivity contribution in [2.24, 2.45) is 0 Å². The van der Waals surface area contributed by atoms with E-state index in [0.29, 0.717) is 11.1 Å². The molecular formula is C11H12N2O4S. The van der Waals surface area contributed by atoms with Crippen LogP contribution in [0.1, 0.15) is 18.1 Å². The molecule has 7 heteroatoms. The smallest absolute Gasteiger partial charge is 0.321 e. The van der Waals surface area contributed by atoms with Gasteiger partial charge in [0.15, 0.2) is 0 Å². The lowest BCUT2D eigenvalue weighted by Crippen LogP contribution is -2.38. The second-order valence-corrected chi connectivity index (χ2v) is 5.50. The van der Waals surface area contributed by atoms with E-state index in [0.717, 1.165) is 0 Å². The summed E-state index contributed by atoms with van der Waals surface area (Å²) >= 11 is 0. The van der Waals surface area contributed by atoms with Crippen molar-refractivity contribution in [3.63, 3.8) is 0 Å². The van der Waals surface area contributed by atoms with E-state index in [2.05, 4.69) is 0 Å². The maximum Gasteiger partial charge on any atom is 0.321 e. The summed E-state index contributed by atoms with van der Waals surface area (Å²) in [4.78, 5) is 10.5. The zero-order chi connectivity index (χ0) is 13.8. The third-order valence-corrected chi connectivity index (χ3v) is 3.59. The van der Waals surface area contributed by atoms with Crippen molar-refractivity contribution in [2.45, 2.75) is 18.7 Å². The van der Waals surface area contributed by atoms with Crippen molar-refractivity contribution in [3.8, 4) is 6.07 Å². The van der Waals surface area contributed by atoms with E-state index in [1.165, 1.54) is 31.2 Å². The zero-order valence-corrected chi connectivity index (χ0v) is 10.4. The molecule has 1 atom stereocenters. The van der Waals surface area contributed by atoms with Gasteiger partial charge in [-0.25, -0.2) is 13.1 Å². The average molecular weight is 268 g/mol. The first-order valence-electron chi connectivity index (χ1n) is 5.06. The Hall–Kier alpha value is -1.91. The number of nitrogens with zero attached hydrogens (tertiary/aromatic N) is 1. The topological polar surface area (TPSA) is 107 Å². The summed E-state index contributed by atoms with van der Waals surface area (Å²) in [7, 11) is -3.71. The Morgan fingerprint density at radius 2 is 2.00 bits per heavy atom. The first-order valence-corrected chi connectivity index (χ1v) is 6.71. The van der Waals surface area contributed by atoms with E-state index in [9.17, 15) is 13.2 Å². The minimum atomic E-state index is -3.71. The summed E-state index contributed by atoms with van der Waals surface area (Å²) in [6.07, 6.45) is 0. The van der Waals surface area contributed by atoms with Crippen LogP contribution >= 0.6 is 0 Å². The minimum Gasteiger partial charge on any atom is -0.480 e. The van der Waals surface area contributed by atoms with Crippen LogP contribution in [-0.2, 0) is 20.6 Å². The van der Waals surface area contributed by atoms with E-state index in [1.54, 1.807) is 0 Å². The second kappa shape index (κ2) is 5.62. The normalized spacial score (nSPS) is 12.7. The molecular weight excluding hydrogens is 256 g/mol. The van der Waals surface area contributed by atoms with Crippen molar-refractivity contribution in [1.29, 1.82) is 5.26 Å². The van der Waals surface area contributed by atoms with Gasteiger partial charge < -0.3 is 5.11 Å². The van der Waals surface area contributed by atoms with Crippen LogP contribution in [0, 0.1) is 11.3 Å². The molecule has 1 unspecified atom stereocenters. The number of carboxylic acids is 1. The van der Waals surface area contributed by atoms with Gasteiger partial charge in [-0.1, -0.05) is 12.1 Å². The number of carbonyl (C=O) groups is 1. The lowest BCUT2D eigenvalue weighted by Gasteiger charge is -2.10. The number of carboxylic acid groups (broad SMARTS) is 1. The van der Waals surface area contributed by atoms with Gasteiger partial charge in [0.1, 0.15) is 6.04 Å². The molecule has 1 rings (SSSR count). The zero-order valence-electron chi connectivity index (χ0n) is 9.62.